The van der Waals surface area contributed by atoms with E-state index in [-0.39, 0.29) is 17.7 Å². The van der Waals surface area contributed by atoms with E-state index in [9.17, 15) is 14.4 Å². The van der Waals surface area contributed by atoms with Crippen LogP contribution in [0.2, 0.25) is 0 Å². The number of nitrogens with one attached hydrogen (secondary N) is 1. The molecule has 0 aliphatic carbocycles. The molecule has 3 rings (SSSR count). The highest BCUT2D eigenvalue weighted by Crippen LogP contribution is 2.16. The van der Waals surface area contributed by atoms with E-state index in [2.05, 4.69) is 10.5 Å². The second-order valence-corrected chi connectivity index (χ2v) is 7.17. The van der Waals surface area contributed by atoms with E-state index in [1.165, 1.54) is 4.90 Å². The zero-order valence-corrected chi connectivity index (χ0v) is 15.6. The van der Waals surface area contributed by atoms with Gasteiger partial charge in [0.2, 0.25) is 11.8 Å². The zero-order valence-electron chi connectivity index (χ0n) is 14.7. The van der Waals surface area contributed by atoms with Crippen LogP contribution in [0.15, 0.2) is 34.3 Å². The number of piperazine rings is 1. The van der Waals surface area contributed by atoms with Crippen LogP contribution in [0.5, 0.6) is 0 Å². The van der Waals surface area contributed by atoms with Gasteiger partial charge in [-0.1, -0.05) is 12.1 Å². The van der Waals surface area contributed by atoms with Crippen molar-refractivity contribution in [3.63, 3.8) is 0 Å². The Labute approximate surface area is 156 Å². The first-order valence-corrected chi connectivity index (χ1v) is 9.84. The van der Waals surface area contributed by atoms with Crippen LogP contribution in [0.4, 0.5) is 0 Å². The van der Waals surface area contributed by atoms with Crippen molar-refractivity contribution >= 4 is 35.2 Å². The molecule has 1 saturated heterocycles. The third kappa shape index (κ3) is 4.43. The number of amides is 3. The molecule has 2 aliphatic rings. The predicted octanol–water partition coefficient (Wildman–Crippen LogP) is 0.888. The first-order chi connectivity index (χ1) is 12.6. The van der Waals surface area contributed by atoms with Crippen molar-refractivity contribution in [2.75, 3.05) is 32.4 Å². The van der Waals surface area contributed by atoms with Gasteiger partial charge in [0, 0.05) is 43.9 Å². The molecule has 1 N–H and O–H groups in total. The molecule has 1 fully saturated rings. The Kier molecular flexibility index (Phi) is 5.92. The van der Waals surface area contributed by atoms with Crippen LogP contribution in [0.3, 0.4) is 0 Å². The first-order valence-electron chi connectivity index (χ1n) is 8.62. The van der Waals surface area contributed by atoms with E-state index in [0.29, 0.717) is 51.2 Å². The Balaban J connectivity index is 1.50. The molecule has 3 amide bonds. The first kappa shape index (κ1) is 18.4. The normalized spacial score (nSPS) is 17.6. The predicted molar refractivity (Wildman–Crippen MR) is 99.9 cm³/mol. The highest BCUT2D eigenvalue weighted by molar-refractivity contribution is 7.98. The number of rotatable bonds is 4. The maximum atomic E-state index is 12.5. The van der Waals surface area contributed by atoms with Crippen LogP contribution >= 0.6 is 11.8 Å². The second-order valence-electron chi connectivity index (χ2n) is 6.29. The standard InChI is InChI=1S/C18H22N4O3S/c1-26-14-4-2-13(3-5-14)12-17(24)21-8-10-22(11-9-21)18(25)15-6-7-16(23)20-19-15/h2-5H,6-12H2,1H3,(H,20,23). The Hall–Kier alpha value is -2.35. The molecule has 0 radical (unpaired) electrons. The molecule has 1 aromatic rings. The number of carbonyl (C=O) groups is 3. The van der Waals surface area contributed by atoms with Gasteiger partial charge < -0.3 is 9.80 Å². The molecule has 0 atom stereocenters. The van der Waals surface area contributed by atoms with Gasteiger partial charge in [0.25, 0.3) is 5.91 Å². The Morgan fingerprint density at radius 3 is 2.31 bits per heavy atom. The highest BCUT2D eigenvalue weighted by Gasteiger charge is 2.28. The molecule has 1 aromatic carbocycles. The fourth-order valence-electron chi connectivity index (χ4n) is 3.00. The third-order valence-corrected chi connectivity index (χ3v) is 5.33. The summed E-state index contributed by atoms with van der Waals surface area (Å²) in [6, 6.07) is 8.01. The number of hydrogen-bond donors (Lipinski definition) is 1. The topological polar surface area (TPSA) is 82.1 Å². The molecule has 8 heteroatoms. The molecule has 0 bridgehead atoms. The molecule has 0 saturated carbocycles. The maximum Gasteiger partial charge on any atom is 0.270 e. The number of thioether (sulfide) groups is 1. The van der Waals surface area contributed by atoms with E-state index in [0.717, 1.165) is 5.56 Å². The molecular formula is C18H22N4O3S. The molecular weight excluding hydrogens is 352 g/mol. The molecule has 0 aromatic heterocycles. The maximum absolute atomic E-state index is 12.5. The number of nitrogens with zero attached hydrogens (tertiary/aromatic N) is 3. The minimum Gasteiger partial charge on any atom is -0.339 e. The van der Waals surface area contributed by atoms with Crippen LogP contribution in [-0.2, 0) is 20.8 Å². The SMILES string of the molecule is CSc1ccc(CC(=O)N2CCN(C(=O)C3=NNC(=O)CC3)CC2)cc1. The fraction of sp³-hybridized carbons (Fsp3) is 0.444. The largest absolute Gasteiger partial charge is 0.339 e. The lowest BCUT2D eigenvalue weighted by Crippen LogP contribution is -2.53. The molecule has 7 nitrogen and oxygen atoms in total. The summed E-state index contributed by atoms with van der Waals surface area (Å²) in [7, 11) is 0. The van der Waals surface area contributed by atoms with Gasteiger partial charge in [0.1, 0.15) is 5.71 Å². The fourth-order valence-corrected chi connectivity index (χ4v) is 3.41. The molecule has 0 spiro atoms. The average molecular weight is 374 g/mol. The van der Waals surface area contributed by atoms with E-state index < -0.39 is 0 Å². The lowest BCUT2D eigenvalue weighted by atomic mass is 10.1. The van der Waals surface area contributed by atoms with Crippen molar-refractivity contribution in [2.24, 2.45) is 5.10 Å². The van der Waals surface area contributed by atoms with Gasteiger partial charge in [-0.2, -0.15) is 5.10 Å². The van der Waals surface area contributed by atoms with E-state index >= 15 is 0 Å². The highest BCUT2D eigenvalue weighted by atomic mass is 32.2. The van der Waals surface area contributed by atoms with Crippen molar-refractivity contribution in [1.29, 1.82) is 0 Å². The smallest absolute Gasteiger partial charge is 0.270 e. The van der Waals surface area contributed by atoms with Gasteiger partial charge in [-0.25, -0.2) is 5.43 Å². The second kappa shape index (κ2) is 8.35. The molecule has 26 heavy (non-hydrogen) atoms. The summed E-state index contributed by atoms with van der Waals surface area (Å²) >= 11 is 1.67. The van der Waals surface area contributed by atoms with Gasteiger partial charge in [-0.3, -0.25) is 14.4 Å². The molecule has 0 unspecified atom stereocenters. The minimum absolute atomic E-state index is 0.0799. The number of carbonyl (C=O) groups excluding carboxylic acids is 3. The van der Waals surface area contributed by atoms with Gasteiger partial charge >= 0.3 is 0 Å². The van der Waals surface area contributed by atoms with Crippen LogP contribution in [0.1, 0.15) is 18.4 Å². The summed E-state index contributed by atoms with van der Waals surface area (Å²) in [5.41, 5.74) is 3.74. The molecule has 2 aliphatic heterocycles. The van der Waals surface area contributed by atoms with Crippen molar-refractivity contribution in [3.05, 3.63) is 29.8 Å². The Bertz CT molecular complexity index is 724. The summed E-state index contributed by atoms with van der Waals surface area (Å²) in [5.74, 6) is -0.233. The third-order valence-electron chi connectivity index (χ3n) is 4.59. The van der Waals surface area contributed by atoms with Gasteiger partial charge in [0.15, 0.2) is 0 Å². The molecule has 2 heterocycles. The Morgan fingerprint density at radius 1 is 1.08 bits per heavy atom. The summed E-state index contributed by atoms with van der Waals surface area (Å²) in [4.78, 5) is 40.7. The van der Waals surface area contributed by atoms with Crippen LogP contribution in [0, 0.1) is 0 Å². The van der Waals surface area contributed by atoms with Crippen LogP contribution in [-0.4, -0.2) is 65.7 Å². The summed E-state index contributed by atoms with van der Waals surface area (Å²) < 4.78 is 0. The quantitative estimate of drug-likeness (QED) is 0.794. The van der Waals surface area contributed by atoms with Crippen molar-refractivity contribution in [3.8, 4) is 0 Å². The average Bonchev–Trinajstić information content (AvgIpc) is 2.69. The van der Waals surface area contributed by atoms with E-state index in [1.54, 1.807) is 21.6 Å². The summed E-state index contributed by atoms with van der Waals surface area (Å²) in [6.45, 7) is 2.02. The zero-order chi connectivity index (χ0) is 18.5. The van der Waals surface area contributed by atoms with Gasteiger partial charge in [0.05, 0.1) is 6.42 Å². The lowest BCUT2D eigenvalue weighted by molar-refractivity contribution is -0.136. The number of hydrazone groups is 1. The van der Waals surface area contributed by atoms with Crippen molar-refractivity contribution in [1.82, 2.24) is 15.2 Å². The lowest BCUT2D eigenvalue weighted by Gasteiger charge is -2.35. The van der Waals surface area contributed by atoms with E-state index in [1.807, 2.05) is 30.5 Å². The number of benzene rings is 1. The van der Waals surface area contributed by atoms with Gasteiger partial charge in [-0.15, -0.1) is 11.8 Å². The minimum atomic E-state index is -0.164. The monoisotopic (exact) mass is 374 g/mol. The summed E-state index contributed by atoms with van der Waals surface area (Å²) in [5, 5.41) is 3.85. The van der Waals surface area contributed by atoms with E-state index in [4.69, 9.17) is 0 Å². The van der Waals surface area contributed by atoms with Crippen LogP contribution in [0.25, 0.3) is 0 Å². The molecule has 138 valence electrons. The summed E-state index contributed by atoms with van der Waals surface area (Å²) in [6.07, 6.45) is 3.06. The van der Waals surface area contributed by atoms with Gasteiger partial charge in [-0.05, 0) is 24.0 Å². The number of hydrogen-bond acceptors (Lipinski definition) is 5. The van der Waals surface area contributed by atoms with Crippen LogP contribution < -0.4 is 5.43 Å². The van der Waals surface area contributed by atoms with Crippen molar-refractivity contribution in [2.45, 2.75) is 24.2 Å². The van der Waals surface area contributed by atoms with Crippen molar-refractivity contribution < 1.29 is 14.4 Å². The Morgan fingerprint density at radius 2 is 1.73 bits per heavy atom.